The maximum Gasteiger partial charge on any atom is 0.294 e. The van der Waals surface area contributed by atoms with E-state index in [9.17, 15) is 14.4 Å². The lowest BCUT2D eigenvalue weighted by Gasteiger charge is -1.81. The molecule has 0 saturated carbocycles. The Morgan fingerprint density at radius 1 is 0.667 bits per heavy atom. The molecule has 6 rings (SSSR count). The molecule has 3 N–H and O–H groups in total. The second-order valence-corrected chi connectivity index (χ2v) is 5.64. The van der Waals surface area contributed by atoms with E-state index in [2.05, 4.69) is 29.9 Å². The van der Waals surface area contributed by atoms with Gasteiger partial charge in [-0.2, -0.15) is 0 Å². The van der Waals surface area contributed by atoms with Crippen LogP contribution in [0.3, 0.4) is 0 Å². The Balaban J connectivity index is 0.000000109. The molecular formula is C18H12N6O6. The highest BCUT2D eigenvalue weighted by atomic mass is 16.3. The molecule has 6 aromatic heterocycles. The highest BCUT2D eigenvalue weighted by Gasteiger charge is 2.00. The Bertz CT molecular complexity index is 1390. The van der Waals surface area contributed by atoms with Gasteiger partial charge in [-0.15, -0.1) is 0 Å². The zero-order chi connectivity index (χ0) is 20.9. The van der Waals surface area contributed by atoms with Crippen LogP contribution in [0.5, 0.6) is 0 Å². The monoisotopic (exact) mass is 408 g/mol. The normalized spacial score (nSPS) is 10.4. The molecule has 6 aromatic rings. The van der Waals surface area contributed by atoms with Gasteiger partial charge in [-0.1, -0.05) is 0 Å². The van der Waals surface area contributed by atoms with E-state index >= 15 is 0 Å². The zero-order valence-electron chi connectivity index (χ0n) is 15.0. The minimum Gasteiger partial charge on any atom is -0.469 e. The molecule has 0 bridgehead atoms. The van der Waals surface area contributed by atoms with E-state index in [-0.39, 0.29) is 22.3 Å². The van der Waals surface area contributed by atoms with Gasteiger partial charge in [0.05, 0.1) is 31.5 Å². The summed E-state index contributed by atoms with van der Waals surface area (Å²) in [5.41, 5.74) is 1.26. The van der Waals surface area contributed by atoms with E-state index in [0.717, 1.165) is 0 Å². The van der Waals surface area contributed by atoms with E-state index in [1.54, 1.807) is 12.1 Å². The third kappa shape index (κ3) is 3.77. The molecule has 12 nitrogen and oxygen atoms in total. The van der Waals surface area contributed by atoms with Gasteiger partial charge in [-0.3, -0.25) is 14.4 Å². The summed E-state index contributed by atoms with van der Waals surface area (Å²) in [5, 5.41) is 0.977. The maximum absolute atomic E-state index is 10.9. The van der Waals surface area contributed by atoms with Crippen molar-refractivity contribution in [3.63, 3.8) is 0 Å². The Labute approximate surface area is 164 Å². The van der Waals surface area contributed by atoms with Crippen LogP contribution >= 0.6 is 0 Å². The Morgan fingerprint density at radius 2 is 1.33 bits per heavy atom. The molecule has 30 heavy (non-hydrogen) atoms. The predicted octanol–water partition coefficient (Wildman–Crippen LogP) is 1.55. The van der Waals surface area contributed by atoms with Gasteiger partial charge >= 0.3 is 0 Å². The molecule has 0 atom stereocenters. The molecule has 12 heteroatoms. The maximum atomic E-state index is 10.9. The number of H-pyrrole nitrogens is 3. The summed E-state index contributed by atoms with van der Waals surface area (Å²) in [6.07, 6.45) is 9.69. The van der Waals surface area contributed by atoms with Crippen LogP contribution in [0.25, 0.3) is 33.1 Å². The van der Waals surface area contributed by atoms with Crippen LogP contribution in [0.15, 0.2) is 83.8 Å². The van der Waals surface area contributed by atoms with Crippen molar-refractivity contribution < 1.29 is 13.3 Å². The third-order valence-corrected chi connectivity index (χ3v) is 3.80. The largest absolute Gasteiger partial charge is 0.469 e. The first-order valence-electron chi connectivity index (χ1n) is 8.35. The number of rotatable bonds is 0. The topological polar surface area (TPSA) is 177 Å². The van der Waals surface area contributed by atoms with Gasteiger partial charge in [-0.05, 0) is 6.07 Å². The molecule has 0 fully saturated rings. The summed E-state index contributed by atoms with van der Waals surface area (Å²) in [6.45, 7) is 0. The number of nitrogens with one attached hydrogen (secondary N) is 3. The minimum absolute atomic E-state index is 0.168. The van der Waals surface area contributed by atoms with E-state index in [1.165, 1.54) is 44.0 Å². The molecule has 0 aliphatic rings. The first-order chi connectivity index (χ1) is 14.6. The average Bonchev–Trinajstić information content (AvgIpc) is 3.50. The van der Waals surface area contributed by atoms with Crippen LogP contribution in [0.2, 0.25) is 0 Å². The first-order valence-corrected chi connectivity index (χ1v) is 8.35. The lowest BCUT2D eigenvalue weighted by atomic mass is 10.4. The molecule has 0 aromatic carbocycles. The molecule has 0 unspecified atom stereocenters. The third-order valence-electron chi connectivity index (χ3n) is 3.80. The van der Waals surface area contributed by atoms with Crippen molar-refractivity contribution in [2.45, 2.75) is 0 Å². The molecule has 6 heterocycles. The van der Waals surface area contributed by atoms with Crippen molar-refractivity contribution in [1.82, 2.24) is 29.9 Å². The molecule has 0 radical (unpaired) electrons. The molecule has 0 aliphatic heterocycles. The fourth-order valence-corrected chi connectivity index (χ4v) is 2.40. The number of furan rings is 3. The molecule has 0 aliphatic carbocycles. The number of aromatic nitrogens is 6. The predicted molar refractivity (Wildman–Crippen MR) is 104 cm³/mol. The fourth-order valence-electron chi connectivity index (χ4n) is 2.40. The van der Waals surface area contributed by atoms with Crippen molar-refractivity contribution in [1.29, 1.82) is 0 Å². The first kappa shape index (κ1) is 18.6. The summed E-state index contributed by atoms with van der Waals surface area (Å²) in [5.74, 6) is 0. The van der Waals surface area contributed by atoms with E-state index < -0.39 is 0 Å². The summed E-state index contributed by atoms with van der Waals surface area (Å²) in [4.78, 5) is 51.4. The second kappa shape index (κ2) is 8.10. The molecule has 150 valence electrons. The lowest BCUT2D eigenvalue weighted by Crippen LogP contribution is -2.03. The van der Waals surface area contributed by atoms with E-state index in [1.807, 2.05) is 0 Å². The van der Waals surface area contributed by atoms with Gasteiger partial charge in [0.25, 0.3) is 16.7 Å². The number of hydrogen-bond acceptors (Lipinski definition) is 9. The van der Waals surface area contributed by atoms with Crippen LogP contribution in [0.1, 0.15) is 0 Å². The Hall–Kier alpha value is -4.74. The fraction of sp³-hybridized carbons (Fsp3) is 0. The summed E-state index contributed by atoms with van der Waals surface area (Å²) in [7, 11) is 0. The highest BCUT2D eigenvalue weighted by Crippen LogP contribution is 2.05. The molecule has 0 spiro atoms. The Kier molecular flexibility index (Phi) is 5.02. The van der Waals surface area contributed by atoms with E-state index in [4.69, 9.17) is 13.3 Å². The van der Waals surface area contributed by atoms with Gasteiger partial charge in [0, 0.05) is 6.07 Å². The Morgan fingerprint density at radius 3 is 2.07 bits per heavy atom. The SMILES string of the molecule is O=c1[nH]cnc2ccoc12.O=c1[nH]cnc2cocc12.O=c1[nH]cnc2occc12. The summed E-state index contributed by atoms with van der Waals surface area (Å²) >= 11 is 0. The average molecular weight is 408 g/mol. The lowest BCUT2D eigenvalue weighted by molar-refractivity contribution is 0.571. The number of aromatic amines is 3. The number of hydrogen-bond donors (Lipinski definition) is 3. The quantitative estimate of drug-likeness (QED) is 0.336. The molecule has 0 amide bonds. The molecule has 0 saturated heterocycles. The van der Waals surface area contributed by atoms with E-state index in [0.29, 0.717) is 27.5 Å². The van der Waals surface area contributed by atoms with Crippen molar-refractivity contribution in [3.05, 3.63) is 87.2 Å². The zero-order valence-corrected chi connectivity index (χ0v) is 15.0. The van der Waals surface area contributed by atoms with Crippen LogP contribution in [0, 0.1) is 0 Å². The molecular weight excluding hydrogens is 396 g/mol. The van der Waals surface area contributed by atoms with Gasteiger partial charge < -0.3 is 28.2 Å². The smallest absolute Gasteiger partial charge is 0.294 e. The standard InChI is InChI=1S/3C6H4N2O2/c9-6-4-1-10-2-5(4)7-3-8-6;9-6-5-4(1-2-10-5)7-3-8-6;9-5-4-1-2-10-6(4)8-3-7-5/h3*1-3H,(H,7,8,9). The van der Waals surface area contributed by atoms with Gasteiger partial charge in [0.1, 0.15) is 34.3 Å². The summed E-state index contributed by atoms with van der Waals surface area (Å²) < 4.78 is 14.5. The highest BCUT2D eigenvalue weighted by molar-refractivity contribution is 5.75. The van der Waals surface area contributed by atoms with Crippen LogP contribution in [-0.2, 0) is 0 Å². The van der Waals surface area contributed by atoms with Crippen molar-refractivity contribution in [2.75, 3.05) is 0 Å². The van der Waals surface area contributed by atoms with Crippen molar-refractivity contribution >= 4 is 33.1 Å². The summed E-state index contributed by atoms with van der Waals surface area (Å²) in [6, 6.07) is 3.23. The minimum atomic E-state index is -0.241. The van der Waals surface area contributed by atoms with Gasteiger partial charge in [0.15, 0.2) is 0 Å². The second-order valence-electron chi connectivity index (χ2n) is 5.64. The van der Waals surface area contributed by atoms with Crippen molar-refractivity contribution in [2.24, 2.45) is 0 Å². The number of nitrogens with zero attached hydrogens (tertiary/aromatic N) is 3. The number of fused-ring (bicyclic) bond motifs is 3. The van der Waals surface area contributed by atoms with Gasteiger partial charge in [-0.25, -0.2) is 15.0 Å². The van der Waals surface area contributed by atoms with Gasteiger partial charge in [0.2, 0.25) is 11.3 Å². The van der Waals surface area contributed by atoms with Crippen molar-refractivity contribution in [3.8, 4) is 0 Å². The van der Waals surface area contributed by atoms with Crippen LogP contribution < -0.4 is 16.7 Å². The van der Waals surface area contributed by atoms with Crippen LogP contribution in [-0.4, -0.2) is 29.9 Å². The van der Waals surface area contributed by atoms with Crippen LogP contribution in [0.4, 0.5) is 0 Å².